The van der Waals surface area contributed by atoms with Crippen LogP contribution in [-0.4, -0.2) is 22.7 Å². The zero-order valence-electron chi connectivity index (χ0n) is 22.9. The minimum absolute atomic E-state index is 0.108. The number of hydrogen-bond acceptors (Lipinski definition) is 3. The number of aryl methyl sites for hydroxylation is 1. The predicted octanol–water partition coefficient (Wildman–Crippen LogP) is 9.79. The van der Waals surface area contributed by atoms with Crippen LogP contribution in [0.1, 0.15) is 96.5 Å². The van der Waals surface area contributed by atoms with Crippen molar-refractivity contribution in [2.45, 2.75) is 103 Å². The van der Waals surface area contributed by atoms with Crippen molar-refractivity contribution in [2.75, 3.05) is 6.61 Å². The minimum atomic E-state index is -0.915. The number of ether oxygens (including phenoxy) is 1. The third-order valence-electron chi connectivity index (χ3n) is 6.92. The molecule has 1 heterocycles. The number of aromatic nitrogens is 2. The molecule has 0 spiro atoms. The maximum absolute atomic E-state index is 14.2. The molecule has 0 N–H and O–H groups in total. The van der Waals surface area contributed by atoms with Gasteiger partial charge < -0.3 is 4.74 Å². The van der Waals surface area contributed by atoms with E-state index in [1.165, 1.54) is 63.4 Å². The molecule has 1 atom stereocenters. The van der Waals surface area contributed by atoms with Crippen LogP contribution in [0.25, 0.3) is 22.5 Å². The molecule has 0 radical (unpaired) electrons. The van der Waals surface area contributed by atoms with Crippen LogP contribution in [0.2, 0.25) is 0 Å². The summed E-state index contributed by atoms with van der Waals surface area (Å²) in [5, 5.41) is 0. The first-order valence-corrected chi connectivity index (χ1v) is 14.5. The molecule has 0 bridgehead atoms. The van der Waals surface area contributed by atoms with Crippen LogP contribution in [0.5, 0.6) is 5.75 Å². The Labute approximate surface area is 223 Å². The molecule has 1 unspecified atom stereocenters. The van der Waals surface area contributed by atoms with Crippen LogP contribution in [0.3, 0.4) is 0 Å². The fraction of sp³-hybridized carbons (Fsp3) is 0.515. The Hall–Kier alpha value is -2.75. The van der Waals surface area contributed by atoms with Crippen LogP contribution in [0.4, 0.5) is 4.39 Å². The molecule has 200 valence electrons. The summed E-state index contributed by atoms with van der Waals surface area (Å²) in [5.41, 5.74) is 4.45. The Morgan fingerprint density at radius 1 is 0.649 bits per heavy atom. The first kappa shape index (κ1) is 28.8. The molecular formula is C33H45FN2O. The smallest absolute Gasteiger partial charge is 0.159 e. The molecule has 3 aromatic rings. The van der Waals surface area contributed by atoms with Gasteiger partial charge in [-0.1, -0.05) is 102 Å². The van der Waals surface area contributed by atoms with Gasteiger partial charge in [-0.05, 0) is 54.7 Å². The number of benzene rings is 2. The monoisotopic (exact) mass is 504 g/mol. The average molecular weight is 505 g/mol. The van der Waals surface area contributed by atoms with Crippen LogP contribution in [-0.2, 0) is 6.42 Å². The Morgan fingerprint density at radius 2 is 1.22 bits per heavy atom. The number of alkyl halides is 1. The van der Waals surface area contributed by atoms with Gasteiger partial charge in [0.25, 0.3) is 0 Å². The highest BCUT2D eigenvalue weighted by molar-refractivity contribution is 5.64. The summed E-state index contributed by atoms with van der Waals surface area (Å²) in [6.07, 6.45) is 18.1. The highest BCUT2D eigenvalue weighted by atomic mass is 19.1. The highest BCUT2D eigenvalue weighted by Crippen LogP contribution is 2.23. The number of nitrogens with zero attached hydrogens (tertiary/aromatic N) is 2. The zero-order chi connectivity index (χ0) is 26.1. The van der Waals surface area contributed by atoms with E-state index in [0.29, 0.717) is 18.0 Å². The predicted molar refractivity (Wildman–Crippen MR) is 154 cm³/mol. The molecule has 0 aliphatic carbocycles. The van der Waals surface area contributed by atoms with Crippen molar-refractivity contribution in [1.29, 1.82) is 0 Å². The van der Waals surface area contributed by atoms with Crippen molar-refractivity contribution < 1.29 is 9.13 Å². The third kappa shape index (κ3) is 10.6. The van der Waals surface area contributed by atoms with Gasteiger partial charge in [-0.25, -0.2) is 14.4 Å². The fourth-order valence-corrected chi connectivity index (χ4v) is 4.54. The van der Waals surface area contributed by atoms with E-state index in [1.54, 1.807) is 0 Å². The fourth-order valence-electron chi connectivity index (χ4n) is 4.54. The topological polar surface area (TPSA) is 35.0 Å². The van der Waals surface area contributed by atoms with Gasteiger partial charge in [-0.2, -0.15) is 0 Å². The molecule has 1 aromatic heterocycles. The Bertz CT molecular complexity index is 986. The summed E-state index contributed by atoms with van der Waals surface area (Å²) < 4.78 is 19.8. The average Bonchev–Trinajstić information content (AvgIpc) is 2.94. The molecule has 0 aliphatic heterocycles. The summed E-state index contributed by atoms with van der Waals surface area (Å²) >= 11 is 0. The molecule has 37 heavy (non-hydrogen) atoms. The zero-order valence-corrected chi connectivity index (χ0v) is 22.9. The first-order valence-electron chi connectivity index (χ1n) is 14.5. The van der Waals surface area contributed by atoms with Gasteiger partial charge in [0, 0.05) is 23.5 Å². The molecule has 3 nitrogen and oxygen atoms in total. The molecule has 0 fully saturated rings. The van der Waals surface area contributed by atoms with Gasteiger partial charge >= 0.3 is 0 Å². The number of halogens is 1. The van der Waals surface area contributed by atoms with Crippen LogP contribution < -0.4 is 4.74 Å². The Balaban J connectivity index is 1.43. The second-order valence-electron chi connectivity index (χ2n) is 10.1. The summed E-state index contributed by atoms with van der Waals surface area (Å²) in [4.78, 5) is 9.16. The number of unbranched alkanes of at least 4 members (excludes halogenated alkanes) is 9. The molecule has 4 heteroatoms. The van der Waals surface area contributed by atoms with Crippen LogP contribution >= 0.6 is 0 Å². The molecule has 2 aromatic carbocycles. The number of rotatable bonds is 18. The standard InChI is InChI=1S/C33H45FN2O/c1-3-5-7-9-11-13-15-31(34)26-37-32-22-20-29(21-23-32)33-35-24-30(25-36-33)28-18-16-27(17-19-28)14-12-10-8-6-4-2/h16-25,31H,3-15,26H2,1-2H3. The Morgan fingerprint density at radius 3 is 1.86 bits per heavy atom. The van der Waals surface area contributed by atoms with E-state index in [2.05, 4.69) is 48.1 Å². The molecule has 0 saturated carbocycles. The lowest BCUT2D eigenvalue weighted by Gasteiger charge is -2.11. The Kier molecular flexibility index (Phi) is 13.2. The van der Waals surface area contributed by atoms with Crippen molar-refractivity contribution in [2.24, 2.45) is 0 Å². The lowest BCUT2D eigenvalue weighted by Crippen LogP contribution is -2.12. The summed E-state index contributed by atoms with van der Waals surface area (Å²) in [5.74, 6) is 1.35. The van der Waals surface area contributed by atoms with Crippen LogP contribution in [0.15, 0.2) is 60.9 Å². The molecule has 0 amide bonds. The summed E-state index contributed by atoms with van der Waals surface area (Å²) in [7, 11) is 0. The van der Waals surface area contributed by atoms with E-state index in [4.69, 9.17) is 4.74 Å². The maximum atomic E-state index is 14.2. The lowest BCUT2D eigenvalue weighted by atomic mass is 10.0. The lowest BCUT2D eigenvalue weighted by molar-refractivity contribution is 0.184. The van der Waals surface area contributed by atoms with Gasteiger partial charge in [-0.15, -0.1) is 0 Å². The largest absolute Gasteiger partial charge is 0.491 e. The second kappa shape index (κ2) is 16.9. The normalized spacial score (nSPS) is 12.0. The van der Waals surface area contributed by atoms with E-state index in [-0.39, 0.29) is 6.61 Å². The van der Waals surface area contributed by atoms with Crippen molar-refractivity contribution in [1.82, 2.24) is 9.97 Å². The van der Waals surface area contributed by atoms with Crippen molar-refractivity contribution in [3.63, 3.8) is 0 Å². The van der Waals surface area contributed by atoms with E-state index in [1.807, 2.05) is 36.7 Å². The quantitative estimate of drug-likeness (QED) is 0.162. The van der Waals surface area contributed by atoms with Gasteiger partial charge in [-0.3, -0.25) is 0 Å². The third-order valence-corrected chi connectivity index (χ3v) is 6.92. The number of hydrogen-bond donors (Lipinski definition) is 0. The molecular weight excluding hydrogens is 459 g/mol. The molecule has 3 rings (SSSR count). The van der Waals surface area contributed by atoms with Crippen molar-refractivity contribution in [3.05, 3.63) is 66.5 Å². The van der Waals surface area contributed by atoms with Gasteiger partial charge in [0.1, 0.15) is 18.5 Å². The van der Waals surface area contributed by atoms with Gasteiger partial charge in [0.2, 0.25) is 0 Å². The van der Waals surface area contributed by atoms with Crippen molar-refractivity contribution in [3.8, 4) is 28.3 Å². The summed E-state index contributed by atoms with van der Waals surface area (Å²) in [6, 6.07) is 16.4. The first-order chi connectivity index (χ1) is 18.2. The van der Waals surface area contributed by atoms with Crippen molar-refractivity contribution >= 4 is 0 Å². The molecule has 0 saturated heterocycles. The maximum Gasteiger partial charge on any atom is 0.159 e. The van der Waals surface area contributed by atoms with E-state index in [0.717, 1.165) is 36.0 Å². The van der Waals surface area contributed by atoms with E-state index < -0.39 is 6.17 Å². The van der Waals surface area contributed by atoms with Gasteiger partial charge in [0.05, 0.1) is 0 Å². The van der Waals surface area contributed by atoms with Crippen LogP contribution in [0, 0.1) is 0 Å². The minimum Gasteiger partial charge on any atom is -0.491 e. The SMILES string of the molecule is CCCCCCCCC(F)COc1ccc(-c2ncc(-c3ccc(CCCCCCC)cc3)cn2)cc1. The van der Waals surface area contributed by atoms with E-state index in [9.17, 15) is 4.39 Å². The van der Waals surface area contributed by atoms with E-state index >= 15 is 0 Å². The second-order valence-corrected chi connectivity index (χ2v) is 10.1. The highest BCUT2D eigenvalue weighted by Gasteiger charge is 2.09. The van der Waals surface area contributed by atoms with Gasteiger partial charge in [0.15, 0.2) is 5.82 Å². The molecule has 0 aliphatic rings. The summed E-state index contributed by atoms with van der Waals surface area (Å²) in [6.45, 7) is 4.57.